The zero-order chi connectivity index (χ0) is 13.8. The van der Waals surface area contributed by atoms with Crippen LogP contribution in [0.15, 0.2) is 12.1 Å². The minimum atomic E-state index is -0.177. The lowest BCUT2D eigenvalue weighted by Gasteiger charge is -2.08. The molecule has 3 N–H and O–H groups in total. The number of fused-ring (bicyclic) bond motifs is 1. The fourth-order valence-corrected chi connectivity index (χ4v) is 2.63. The number of aromatic hydroxyl groups is 1. The minimum Gasteiger partial charge on any atom is -0.508 e. The van der Waals surface area contributed by atoms with E-state index in [1.165, 1.54) is 18.2 Å². The van der Waals surface area contributed by atoms with Crippen LogP contribution in [0, 0.1) is 0 Å². The van der Waals surface area contributed by atoms with Gasteiger partial charge in [-0.25, -0.2) is 0 Å². The largest absolute Gasteiger partial charge is 0.508 e. The first-order valence-corrected chi connectivity index (χ1v) is 6.76. The molecule has 0 aromatic heterocycles. The van der Waals surface area contributed by atoms with Gasteiger partial charge in [-0.2, -0.15) is 0 Å². The van der Waals surface area contributed by atoms with Crippen molar-refractivity contribution in [2.75, 3.05) is 7.11 Å². The van der Waals surface area contributed by atoms with Crippen molar-refractivity contribution in [3.8, 4) is 5.75 Å². The molecule has 0 radical (unpaired) electrons. The van der Waals surface area contributed by atoms with Gasteiger partial charge >= 0.3 is 5.97 Å². The summed E-state index contributed by atoms with van der Waals surface area (Å²) in [6.45, 7) is 0. The van der Waals surface area contributed by atoms with Gasteiger partial charge in [-0.3, -0.25) is 4.79 Å². The normalized spacial score (nSPS) is 17.3. The summed E-state index contributed by atoms with van der Waals surface area (Å²) in [5.74, 6) is 0.176. The average molecular weight is 263 g/mol. The molecule has 0 amide bonds. The van der Waals surface area contributed by atoms with E-state index in [0.29, 0.717) is 12.2 Å². The van der Waals surface area contributed by atoms with Gasteiger partial charge in [0.25, 0.3) is 0 Å². The topological polar surface area (TPSA) is 72.5 Å². The molecule has 1 aromatic carbocycles. The Bertz CT molecular complexity index is 471. The van der Waals surface area contributed by atoms with Gasteiger partial charge < -0.3 is 15.6 Å². The van der Waals surface area contributed by atoms with Crippen LogP contribution in [0.4, 0.5) is 0 Å². The number of hydrogen-bond donors (Lipinski definition) is 2. The molecule has 1 atom stereocenters. The minimum absolute atomic E-state index is 0.177. The number of carbonyl (C=O) groups is 1. The van der Waals surface area contributed by atoms with Crippen LogP contribution < -0.4 is 5.73 Å². The van der Waals surface area contributed by atoms with Crippen molar-refractivity contribution in [1.82, 2.24) is 0 Å². The number of phenolic OH excluding ortho intramolecular Hbond substituents is 1. The van der Waals surface area contributed by atoms with Crippen molar-refractivity contribution in [2.24, 2.45) is 5.73 Å². The van der Waals surface area contributed by atoms with E-state index in [2.05, 4.69) is 10.8 Å². The van der Waals surface area contributed by atoms with Gasteiger partial charge in [-0.15, -0.1) is 0 Å². The zero-order valence-corrected chi connectivity index (χ0v) is 11.3. The highest BCUT2D eigenvalue weighted by molar-refractivity contribution is 5.68. The SMILES string of the molecule is COC(=O)CCCCc1cc2c(cc1O)CC(N)C2. The van der Waals surface area contributed by atoms with Crippen molar-refractivity contribution in [3.63, 3.8) is 0 Å². The van der Waals surface area contributed by atoms with E-state index >= 15 is 0 Å². The van der Waals surface area contributed by atoms with Crippen LogP contribution in [0.5, 0.6) is 5.75 Å². The van der Waals surface area contributed by atoms with Gasteiger partial charge in [-0.1, -0.05) is 6.07 Å². The molecule has 0 spiro atoms. The standard InChI is InChI=1S/C15H21NO3/c1-19-15(18)5-3-2-4-10-6-11-7-13(16)8-12(11)9-14(10)17/h6,9,13,17H,2-5,7-8,16H2,1H3. The molecule has 0 bridgehead atoms. The van der Waals surface area contributed by atoms with Crippen LogP contribution in [0.3, 0.4) is 0 Å². The first-order chi connectivity index (χ1) is 9.10. The molecular weight excluding hydrogens is 242 g/mol. The van der Waals surface area contributed by atoms with E-state index < -0.39 is 0 Å². The highest BCUT2D eigenvalue weighted by Gasteiger charge is 2.20. The Hall–Kier alpha value is -1.55. The third-order valence-electron chi connectivity index (χ3n) is 3.67. The third kappa shape index (κ3) is 3.47. The number of ether oxygens (including phenoxy) is 1. The molecule has 1 aliphatic carbocycles. The molecule has 1 aromatic rings. The maximum absolute atomic E-state index is 11.0. The molecule has 0 saturated carbocycles. The number of rotatable bonds is 5. The van der Waals surface area contributed by atoms with Gasteiger partial charge in [0.1, 0.15) is 5.75 Å². The number of methoxy groups -OCH3 is 1. The number of unbranched alkanes of at least 4 members (excludes halogenated alkanes) is 1. The van der Waals surface area contributed by atoms with E-state index in [4.69, 9.17) is 5.73 Å². The quantitative estimate of drug-likeness (QED) is 0.626. The van der Waals surface area contributed by atoms with Gasteiger partial charge in [0.15, 0.2) is 0 Å². The maximum atomic E-state index is 11.0. The van der Waals surface area contributed by atoms with Crippen LogP contribution >= 0.6 is 0 Å². The van der Waals surface area contributed by atoms with Crippen molar-refractivity contribution in [3.05, 3.63) is 28.8 Å². The lowest BCUT2D eigenvalue weighted by Crippen LogP contribution is -2.18. The Labute approximate surface area is 113 Å². The second kappa shape index (κ2) is 6.06. The summed E-state index contributed by atoms with van der Waals surface area (Å²) in [5.41, 5.74) is 9.31. The Morgan fingerprint density at radius 3 is 2.74 bits per heavy atom. The van der Waals surface area contributed by atoms with Gasteiger partial charge in [0.2, 0.25) is 0 Å². The average Bonchev–Trinajstić information content (AvgIpc) is 2.73. The first-order valence-electron chi connectivity index (χ1n) is 6.76. The Morgan fingerprint density at radius 1 is 1.37 bits per heavy atom. The zero-order valence-electron chi connectivity index (χ0n) is 11.3. The summed E-state index contributed by atoms with van der Waals surface area (Å²) < 4.78 is 4.60. The number of esters is 1. The Morgan fingerprint density at radius 2 is 2.05 bits per heavy atom. The predicted molar refractivity (Wildman–Crippen MR) is 73.1 cm³/mol. The van der Waals surface area contributed by atoms with E-state index in [0.717, 1.165) is 37.7 Å². The molecular formula is C15H21NO3. The fraction of sp³-hybridized carbons (Fsp3) is 0.533. The number of aryl methyl sites for hydroxylation is 1. The Kier molecular flexibility index (Phi) is 4.43. The number of benzene rings is 1. The van der Waals surface area contributed by atoms with Crippen LogP contribution in [-0.4, -0.2) is 24.2 Å². The van der Waals surface area contributed by atoms with Crippen molar-refractivity contribution in [2.45, 2.75) is 44.6 Å². The second-order valence-corrected chi connectivity index (χ2v) is 5.20. The number of nitrogens with two attached hydrogens (primary N) is 1. The molecule has 4 heteroatoms. The highest BCUT2D eigenvalue weighted by atomic mass is 16.5. The summed E-state index contributed by atoms with van der Waals surface area (Å²) in [7, 11) is 1.40. The Balaban J connectivity index is 1.91. The summed E-state index contributed by atoms with van der Waals surface area (Å²) in [4.78, 5) is 11.0. The van der Waals surface area contributed by atoms with Crippen LogP contribution in [0.25, 0.3) is 0 Å². The van der Waals surface area contributed by atoms with E-state index in [9.17, 15) is 9.90 Å². The van der Waals surface area contributed by atoms with E-state index in [1.54, 1.807) is 0 Å². The van der Waals surface area contributed by atoms with Gasteiger partial charge in [0, 0.05) is 12.5 Å². The van der Waals surface area contributed by atoms with Crippen LogP contribution in [0.2, 0.25) is 0 Å². The molecule has 1 aliphatic rings. The molecule has 0 heterocycles. The van der Waals surface area contributed by atoms with E-state index in [-0.39, 0.29) is 12.0 Å². The van der Waals surface area contributed by atoms with Crippen molar-refractivity contribution >= 4 is 5.97 Å². The highest BCUT2D eigenvalue weighted by Crippen LogP contribution is 2.29. The lowest BCUT2D eigenvalue weighted by atomic mass is 10.0. The van der Waals surface area contributed by atoms with E-state index in [1.807, 2.05) is 6.07 Å². The molecule has 2 rings (SSSR count). The van der Waals surface area contributed by atoms with Crippen LogP contribution in [0.1, 0.15) is 36.0 Å². The molecule has 4 nitrogen and oxygen atoms in total. The predicted octanol–water partition coefficient (Wildman–Crippen LogP) is 1.70. The molecule has 0 aliphatic heterocycles. The van der Waals surface area contributed by atoms with Crippen molar-refractivity contribution in [1.29, 1.82) is 0 Å². The smallest absolute Gasteiger partial charge is 0.305 e. The maximum Gasteiger partial charge on any atom is 0.305 e. The molecule has 19 heavy (non-hydrogen) atoms. The second-order valence-electron chi connectivity index (χ2n) is 5.20. The summed E-state index contributed by atoms with van der Waals surface area (Å²) >= 11 is 0. The summed E-state index contributed by atoms with van der Waals surface area (Å²) in [6, 6.07) is 4.09. The summed E-state index contributed by atoms with van der Waals surface area (Å²) in [6.07, 6.45) is 4.62. The van der Waals surface area contributed by atoms with Gasteiger partial charge in [-0.05, 0) is 54.9 Å². The molecule has 1 unspecified atom stereocenters. The number of hydrogen-bond acceptors (Lipinski definition) is 4. The fourth-order valence-electron chi connectivity index (χ4n) is 2.63. The first kappa shape index (κ1) is 13.9. The monoisotopic (exact) mass is 263 g/mol. The lowest BCUT2D eigenvalue weighted by molar-refractivity contribution is -0.140. The number of carbonyl (C=O) groups excluding carboxylic acids is 1. The molecule has 0 saturated heterocycles. The third-order valence-corrected chi connectivity index (χ3v) is 3.67. The number of phenols is 1. The molecule has 104 valence electrons. The summed E-state index contributed by atoms with van der Waals surface area (Å²) in [5, 5.41) is 9.98. The molecule has 0 fully saturated rings. The van der Waals surface area contributed by atoms with Crippen LogP contribution in [-0.2, 0) is 28.8 Å². The van der Waals surface area contributed by atoms with Gasteiger partial charge in [0.05, 0.1) is 7.11 Å². The van der Waals surface area contributed by atoms with Crippen molar-refractivity contribution < 1.29 is 14.6 Å².